The highest BCUT2D eigenvalue weighted by atomic mass is 16.3. The van der Waals surface area contributed by atoms with Crippen molar-refractivity contribution in [3.63, 3.8) is 0 Å². The summed E-state index contributed by atoms with van der Waals surface area (Å²) >= 11 is 0. The Kier molecular flexibility index (Phi) is 10.5. The van der Waals surface area contributed by atoms with Gasteiger partial charge in [-0.2, -0.15) is 0 Å². The standard InChI is InChI=1S/C65H60N2O/c1-63(2,3)48-21-15-23-52(40-48)66(50-30-25-45(26-31-50)43-17-11-9-12-18-43)54-34-35-55-57-39-47-29-36-58(56-37-38-65(7,8)61(60(47)56)62(57)68-59(55)42-54)67(53-24-16-22-49(41-53)64(4,5)6)51-32-27-46(28-33-51)44-19-13-10-14-20-44/h9-36,39-42H,37-38H2,1-8H3. The van der Waals surface area contributed by atoms with Gasteiger partial charge in [0.05, 0.1) is 0 Å². The predicted octanol–water partition coefficient (Wildman–Crippen LogP) is 18.8. The normalized spacial score (nSPS) is 13.6. The molecule has 11 rings (SSSR count). The molecule has 1 aromatic heterocycles. The second kappa shape index (κ2) is 16.5. The molecule has 10 aromatic rings. The van der Waals surface area contributed by atoms with Gasteiger partial charge < -0.3 is 14.2 Å². The molecule has 0 bridgehead atoms. The summed E-state index contributed by atoms with van der Waals surface area (Å²) in [6.45, 7) is 18.6. The molecule has 1 aliphatic carbocycles. The molecule has 1 heterocycles. The van der Waals surface area contributed by atoms with Crippen LogP contribution in [0.3, 0.4) is 0 Å². The second-order valence-corrected chi connectivity index (χ2v) is 21.6. The summed E-state index contributed by atoms with van der Waals surface area (Å²) in [4.78, 5) is 4.87. The first-order valence-corrected chi connectivity index (χ1v) is 24.3. The van der Waals surface area contributed by atoms with Gasteiger partial charge in [-0.15, -0.1) is 0 Å². The summed E-state index contributed by atoms with van der Waals surface area (Å²) in [7, 11) is 0. The average molecular weight is 885 g/mol. The lowest BCUT2D eigenvalue weighted by atomic mass is 9.71. The molecule has 0 unspecified atom stereocenters. The molecular formula is C65H60N2O. The Bertz CT molecular complexity index is 3480. The Morgan fingerprint density at radius 3 is 1.50 bits per heavy atom. The lowest BCUT2D eigenvalue weighted by molar-refractivity contribution is 0.471. The van der Waals surface area contributed by atoms with Gasteiger partial charge in [0.25, 0.3) is 0 Å². The Morgan fingerprint density at radius 2 is 0.941 bits per heavy atom. The zero-order valence-electron chi connectivity index (χ0n) is 40.7. The van der Waals surface area contributed by atoms with Crippen LogP contribution in [0.15, 0.2) is 199 Å². The number of furan rings is 1. The Balaban J connectivity index is 1.08. The minimum Gasteiger partial charge on any atom is -0.456 e. The van der Waals surface area contributed by atoms with Gasteiger partial charge in [0.1, 0.15) is 11.2 Å². The Hall–Kier alpha value is -7.36. The Morgan fingerprint density at radius 1 is 0.441 bits per heavy atom. The van der Waals surface area contributed by atoms with E-state index in [1.807, 2.05) is 0 Å². The van der Waals surface area contributed by atoms with Crippen molar-refractivity contribution in [2.24, 2.45) is 0 Å². The number of benzene rings is 9. The number of hydrogen-bond donors (Lipinski definition) is 0. The maximum absolute atomic E-state index is 7.26. The molecule has 9 aromatic carbocycles. The monoisotopic (exact) mass is 884 g/mol. The van der Waals surface area contributed by atoms with Crippen molar-refractivity contribution in [2.75, 3.05) is 9.80 Å². The van der Waals surface area contributed by atoms with E-state index in [0.29, 0.717) is 0 Å². The van der Waals surface area contributed by atoms with Crippen molar-refractivity contribution >= 4 is 66.8 Å². The van der Waals surface area contributed by atoms with Gasteiger partial charge in [-0.3, -0.25) is 0 Å². The van der Waals surface area contributed by atoms with E-state index in [9.17, 15) is 0 Å². The molecule has 0 saturated carbocycles. The van der Waals surface area contributed by atoms with Crippen molar-refractivity contribution in [3.05, 3.63) is 216 Å². The quantitative estimate of drug-likeness (QED) is 0.152. The van der Waals surface area contributed by atoms with Crippen molar-refractivity contribution < 1.29 is 4.42 Å². The van der Waals surface area contributed by atoms with Crippen LogP contribution in [0.4, 0.5) is 34.1 Å². The van der Waals surface area contributed by atoms with Crippen LogP contribution in [0.25, 0.3) is 55.0 Å². The van der Waals surface area contributed by atoms with Crippen molar-refractivity contribution in [2.45, 2.75) is 84.5 Å². The SMILES string of the molecule is CC(C)(C)c1cccc(N(c2ccc(-c3ccccc3)cc2)c2ccc3c(c2)oc2c4c5c(c(N(c6ccc(-c7ccccc7)cc6)c6cccc(C(C)(C)C)c6)ccc5cc23)CCC4(C)C)c1. The van der Waals surface area contributed by atoms with Gasteiger partial charge in [-0.05, 0) is 152 Å². The summed E-state index contributed by atoms with van der Waals surface area (Å²) < 4.78 is 7.26. The summed E-state index contributed by atoms with van der Waals surface area (Å²) in [6, 6.07) is 71.4. The summed E-state index contributed by atoms with van der Waals surface area (Å²) in [5, 5.41) is 4.88. The highest BCUT2D eigenvalue weighted by Gasteiger charge is 2.35. The van der Waals surface area contributed by atoms with Crippen LogP contribution in [0.2, 0.25) is 0 Å². The number of nitrogens with zero attached hydrogens (tertiary/aromatic N) is 2. The third kappa shape index (κ3) is 7.74. The molecule has 0 amide bonds. The van der Waals surface area contributed by atoms with Crippen LogP contribution in [0.5, 0.6) is 0 Å². The fourth-order valence-corrected chi connectivity index (χ4v) is 10.5. The molecule has 68 heavy (non-hydrogen) atoms. The molecule has 0 saturated heterocycles. The summed E-state index contributed by atoms with van der Waals surface area (Å²) in [5.74, 6) is 0. The number of hydrogen-bond acceptors (Lipinski definition) is 3. The maximum atomic E-state index is 7.26. The number of rotatable bonds is 8. The number of anilines is 6. The minimum absolute atomic E-state index is 0.000937. The smallest absolute Gasteiger partial charge is 0.139 e. The molecule has 0 aliphatic heterocycles. The highest BCUT2D eigenvalue weighted by molar-refractivity contribution is 6.15. The lowest BCUT2D eigenvalue weighted by Crippen LogP contribution is -2.25. The van der Waals surface area contributed by atoms with Gasteiger partial charge in [0, 0.05) is 56.5 Å². The highest BCUT2D eigenvalue weighted by Crippen LogP contribution is 2.52. The first-order chi connectivity index (χ1) is 32.7. The lowest BCUT2D eigenvalue weighted by Gasteiger charge is -2.36. The molecule has 3 heteroatoms. The molecular weight excluding hydrogens is 825 g/mol. The predicted molar refractivity (Wildman–Crippen MR) is 290 cm³/mol. The van der Waals surface area contributed by atoms with Crippen molar-refractivity contribution in [3.8, 4) is 22.3 Å². The van der Waals surface area contributed by atoms with Crippen LogP contribution in [0, 0.1) is 0 Å². The van der Waals surface area contributed by atoms with Gasteiger partial charge in [0.15, 0.2) is 0 Å². The molecule has 0 spiro atoms. The van der Waals surface area contributed by atoms with Crippen LogP contribution in [-0.4, -0.2) is 0 Å². The average Bonchev–Trinajstić information content (AvgIpc) is 3.71. The largest absolute Gasteiger partial charge is 0.456 e. The van der Waals surface area contributed by atoms with E-state index in [1.54, 1.807) is 0 Å². The van der Waals surface area contributed by atoms with Gasteiger partial charge >= 0.3 is 0 Å². The maximum Gasteiger partial charge on any atom is 0.139 e. The van der Waals surface area contributed by atoms with E-state index in [4.69, 9.17) is 4.42 Å². The first kappa shape index (κ1) is 43.2. The van der Waals surface area contributed by atoms with Gasteiger partial charge in [-0.1, -0.05) is 171 Å². The molecule has 0 fully saturated rings. The molecule has 336 valence electrons. The fraction of sp³-hybridized carbons (Fsp3) is 0.200. The Labute approximate surface area is 402 Å². The van der Waals surface area contributed by atoms with E-state index < -0.39 is 0 Å². The number of fused-ring (bicyclic) bond motifs is 4. The topological polar surface area (TPSA) is 19.6 Å². The first-order valence-electron chi connectivity index (χ1n) is 24.3. The van der Waals surface area contributed by atoms with Crippen LogP contribution in [-0.2, 0) is 22.7 Å². The van der Waals surface area contributed by atoms with Gasteiger partial charge in [-0.25, -0.2) is 0 Å². The molecule has 0 radical (unpaired) electrons. The number of aryl methyl sites for hydroxylation is 1. The zero-order valence-corrected chi connectivity index (χ0v) is 40.7. The molecule has 1 aliphatic rings. The van der Waals surface area contributed by atoms with E-state index in [-0.39, 0.29) is 16.2 Å². The van der Waals surface area contributed by atoms with E-state index in [2.05, 4.69) is 259 Å². The molecule has 0 atom stereocenters. The summed E-state index contributed by atoms with van der Waals surface area (Å²) in [6.07, 6.45) is 1.97. The van der Waals surface area contributed by atoms with Crippen molar-refractivity contribution in [1.29, 1.82) is 0 Å². The minimum atomic E-state index is -0.117. The second-order valence-electron chi connectivity index (χ2n) is 21.6. The van der Waals surface area contributed by atoms with Crippen LogP contribution in [0.1, 0.15) is 84.1 Å². The third-order valence-electron chi connectivity index (χ3n) is 14.4. The third-order valence-corrected chi connectivity index (χ3v) is 14.4. The zero-order chi connectivity index (χ0) is 47.0. The molecule has 3 nitrogen and oxygen atoms in total. The van der Waals surface area contributed by atoms with E-state index >= 15 is 0 Å². The van der Waals surface area contributed by atoms with Crippen LogP contribution >= 0.6 is 0 Å². The van der Waals surface area contributed by atoms with Crippen LogP contribution < -0.4 is 9.80 Å². The fourth-order valence-electron chi connectivity index (χ4n) is 10.5. The van der Waals surface area contributed by atoms with Gasteiger partial charge in [0.2, 0.25) is 0 Å². The summed E-state index contributed by atoms with van der Waals surface area (Å²) in [5.41, 5.74) is 18.7. The van der Waals surface area contributed by atoms with E-state index in [0.717, 1.165) is 57.8 Å². The molecule has 0 N–H and O–H groups in total. The van der Waals surface area contributed by atoms with E-state index in [1.165, 1.54) is 66.4 Å². The van der Waals surface area contributed by atoms with Crippen molar-refractivity contribution in [1.82, 2.24) is 0 Å².